The average Bonchev–Trinajstić information content (AvgIpc) is 2.62. The SMILES string of the molecule is O=C1CN(c2ccc(NC(=O)c3ccc(CO)cc3)cc2Cl)CCN1. The second-order valence-electron chi connectivity index (χ2n) is 5.75. The molecular formula is C18H18ClN3O3. The highest BCUT2D eigenvalue weighted by Crippen LogP contribution is 2.29. The number of nitrogens with zero attached hydrogens (tertiary/aromatic N) is 1. The molecule has 1 fully saturated rings. The lowest BCUT2D eigenvalue weighted by molar-refractivity contribution is -0.120. The van der Waals surface area contributed by atoms with Gasteiger partial charge in [-0.2, -0.15) is 0 Å². The summed E-state index contributed by atoms with van der Waals surface area (Å²) in [7, 11) is 0. The number of nitrogens with one attached hydrogen (secondary N) is 2. The molecule has 0 aliphatic carbocycles. The molecule has 130 valence electrons. The minimum Gasteiger partial charge on any atom is -0.392 e. The lowest BCUT2D eigenvalue weighted by Gasteiger charge is -2.29. The first-order valence-electron chi connectivity index (χ1n) is 7.89. The fraction of sp³-hybridized carbons (Fsp3) is 0.222. The van der Waals surface area contributed by atoms with E-state index >= 15 is 0 Å². The van der Waals surface area contributed by atoms with Gasteiger partial charge >= 0.3 is 0 Å². The fourth-order valence-electron chi connectivity index (χ4n) is 2.65. The lowest BCUT2D eigenvalue weighted by Crippen LogP contribution is -2.47. The molecule has 6 nitrogen and oxygen atoms in total. The quantitative estimate of drug-likeness (QED) is 0.780. The minimum atomic E-state index is -0.259. The Balaban J connectivity index is 1.71. The number of halogens is 1. The number of amides is 2. The van der Waals surface area contributed by atoms with Gasteiger partial charge < -0.3 is 20.6 Å². The van der Waals surface area contributed by atoms with E-state index in [0.717, 1.165) is 11.3 Å². The third-order valence-electron chi connectivity index (χ3n) is 3.98. The van der Waals surface area contributed by atoms with Gasteiger partial charge in [0.1, 0.15) is 0 Å². The molecule has 3 N–H and O–H groups in total. The van der Waals surface area contributed by atoms with Crippen LogP contribution in [-0.4, -0.2) is 36.6 Å². The van der Waals surface area contributed by atoms with Gasteiger partial charge in [-0.25, -0.2) is 0 Å². The number of anilines is 2. The Morgan fingerprint density at radius 1 is 1.24 bits per heavy atom. The molecule has 1 heterocycles. The zero-order valence-corrected chi connectivity index (χ0v) is 14.2. The Morgan fingerprint density at radius 3 is 2.64 bits per heavy atom. The summed E-state index contributed by atoms with van der Waals surface area (Å²) in [6.45, 7) is 1.47. The molecule has 2 aromatic rings. The van der Waals surface area contributed by atoms with Gasteiger partial charge in [0, 0.05) is 24.3 Å². The van der Waals surface area contributed by atoms with Crippen molar-refractivity contribution in [2.45, 2.75) is 6.61 Å². The number of carbonyl (C=O) groups is 2. The standard InChI is InChI=1S/C18H18ClN3O3/c19-15-9-14(5-6-16(15)22-8-7-20-17(24)10-22)21-18(25)13-3-1-12(11-23)2-4-13/h1-6,9,23H,7-8,10-11H2,(H,20,24)(H,21,25). The smallest absolute Gasteiger partial charge is 0.255 e. The van der Waals surface area contributed by atoms with Gasteiger partial charge in [-0.15, -0.1) is 0 Å². The maximum atomic E-state index is 12.3. The van der Waals surface area contributed by atoms with Crippen molar-refractivity contribution < 1.29 is 14.7 Å². The van der Waals surface area contributed by atoms with Gasteiger partial charge in [0.25, 0.3) is 5.91 Å². The zero-order chi connectivity index (χ0) is 17.8. The van der Waals surface area contributed by atoms with Gasteiger partial charge in [-0.05, 0) is 35.9 Å². The summed E-state index contributed by atoms with van der Waals surface area (Å²) in [5, 5.41) is 15.1. The molecule has 7 heteroatoms. The number of carbonyl (C=O) groups excluding carboxylic acids is 2. The van der Waals surface area contributed by atoms with Crippen molar-refractivity contribution in [3.8, 4) is 0 Å². The van der Waals surface area contributed by atoms with E-state index in [1.54, 1.807) is 42.5 Å². The first kappa shape index (κ1) is 17.3. The van der Waals surface area contributed by atoms with Crippen LogP contribution in [0.25, 0.3) is 0 Å². The Morgan fingerprint density at radius 2 is 2.00 bits per heavy atom. The van der Waals surface area contributed by atoms with Gasteiger partial charge in [-0.3, -0.25) is 9.59 Å². The number of piperazine rings is 1. The number of aliphatic hydroxyl groups is 1. The summed E-state index contributed by atoms with van der Waals surface area (Å²) >= 11 is 6.33. The average molecular weight is 360 g/mol. The van der Waals surface area contributed by atoms with Crippen LogP contribution in [0.4, 0.5) is 11.4 Å². The molecule has 2 amide bonds. The van der Waals surface area contributed by atoms with E-state index in [0.29, 0.717) is 29.4 Å². The molecule has 1 saturated heterocycles. The molecule has 2 aromatic carbocycles. The van der Waals surface area contributed by atoms with Crippen LogP contribution >= 0.6 is 11.6 Å². The zero-order valence-electron chi connectivity index (χ0n) is 13.5. The minimum absolute atomic E-state index is 0.0361. The summed E-state index contributed by atoms with van der Waals surface area (Å²) in [6, 6.07) is 11.9. The summed E-state index contributed by atoms with van der Waals surface area (Å²) in [4.78, 5) is 25.7. The Bertz CT molecular complexity index is 793. The molecule has 0 bridgehead atoms. The molecule has 0 atom stereocenters. The van der Waals surface area contributed by atoms with Crippen LogP contribution in [0.15, 0.2) is 42.5 Å². The Kier molecular flexibility index (Phi) is 5.21. The molecule has 0 radical (unpaired) electrons. The van der Waals surface area contributed by atoms with E-state index in [4.69, 9.17) is 16.7 Å². The highest BCUT2D eigenvalue weighted by Gasteiger charge is 2.19. The van der Waals surface area contributed by atoms with Crippen molar-refractivity contribution in [3.05, 3.63) is 58.6 Å². The van der Waals surface area contributed by atoms with Crippen molar-refractivity contribution in [2.75, 3.05) is 29.9 Å². The maximum absolute atomic E-state index is 12.3. The molecule has 1 aliphatic rings. The van der Waals surface area contributed by atoms with Crippen LogP contribution in [0.5, 0.6) is 0 Å². The van der Waals surface area contributed by atoms with E-state index in [9.17, 15) is 9.59 Å². The van der Waals surface area contributed by atoms with E-state index < -0.39 is 0 Å². The molecule has 25 heavy (non-hydrogen) atoms. The molecule has 0 spiro atoms. The second kappa shape index (κ2) is 7.55. The van der Waals surface area contributed by atoms with E-state index in [1.807, 2.05) is 4.90 Å². The normalized spacial score (nSPS) is 14.2. The topological polar surface area (TPSA) is 81.7 Å². The first-order chi connectivity index (χ1) is 12.1. The van der Waals surface area contributed by atoms with Gasteiger partial charge in [-0.1, -0.05) is 23.7 Å². The molecule has 3 rings (SSSR count). The highest BCUT2D eigenvalue weighted by atomic mass is 35.5. The number of aliphatic hydroxyl groups excluding tert-OH is 1. The molecule has 1 aliphatic heterocycles. The van der Waals surface area contributed by atoms with Crippen molar-refractivity contribution in [3.63, 3.8) is 0 Å². The fourth-order valence-corrected chi connectivity index (χ4v) is 2.95. The predicted molar refractivity (Wildman–Crippen MR) is 97.0 cm³/mol. The third kappa shape index (κ3) is 4.10. The summed E-state index contributed by atoms with van der Waals surface area (Å²) in [6.07, 6.45) is 0. The monoisotopic (exact) mass is 359 g/mol. The Hall–Kier alpha value is -2.57. The van der Waals surface area contributed by atoms with E-state index in [1.165, 1.54) is 0 Å². The summed E-state index contributed by atoms with van der Waals surface area (Å²) in [5.41, 5.74) is 2.58. The molecule has 0 saturated carbocycles. The molecule has 0 unspecified atom stereocenters. The van der Waals surface area contributed by atoms with Crippen LogP contribution in [0.2, 0.25) is 5.02 Å². The summed E-state index contributed by atoms with van der Waals surface area (Å²) < 4.78 is 0. The lowest BCUT2D eigenvalue weighted by atomic mass is 10.1. The largest absolute Gasteiger partial charge is 0.392 e. The predicted octanol–water partition coefficient (Wildman–Crippen LogP) is 2.02. The van der Waals surface area contributed by atoms with Crippen LogP contribution in [0, 0.1) is 0 Å². The number of benzene rings is 2. The molecular weight excluding hydrogens is 342 g/mol. The van der Waals surface area contributed by atoms with Crippen LogP contribution in [0.3, 0.4) is 0 Å². The molecule has 0 aromatic heterocycles. The van der Waals surface area contributed by atoms with Crippen molar-refractivity contribution >= 4 is 34.8 Å². The second-order valence-corrected chi connectivity index (χ2v) is 6.15. The van der Waals surface area contributed by atoms with Crippen LogP contribution in [0.1, 0.15) is 15.9 Å². The van der Waals surface area contributed by atoms with Gasteiger partial charge in [0.05, 0.1) is 23.9 Å². The maximum Gasteiger partial charge on any atom is 0.255 e. The first-order valence-corrected chi connectivity index (χ1v) is 8.27. The van der Waals surface area contributed by atoms with Crippen LogP contribution in [-0.2, 0) is 11.4 Å². The van der Waals surface area contributed by atoms with Crippen LogP contribution < -0.4 is 15.5 Å². The van der Waals surface area contributed by atoms with Gasteiger partial charge in [0.2, 0.25) is 5.91 Å². The number of hydrogen-bond donors (Lipinski definition) is 3. The highest BCUT2D eigenvalue weighted by molar-refractivity contribution is 6.33. The van der Waals surface area contributed by atoms with Crippen molar-refractivity contribution in [1.29, 1.82) is 0 Å². The van der Waals surface area contributed by atoms with E-state index in [-0.39, 0.29) is 25.0 Å². The van der Waals surface area contributed by atoms with E-state index in [2.05, 4.69) is 10.6 Å². The number of rotatable bonds is 4. The number of hydrogen-bond acceptors (Lipinski definition) is 4. The van der Waals surface area contributed by atoms with Crippen molar-refractivity contribution in [2.24, 2.45) is 0 Å². The van der Waals surface area contributed by atoms with Crippen molar-refractivity contribution in [1.82, 2.24) is 5.32 Å². The third-order valence-corrected chi connectivity index (χ3v) is 4.29. The van der Waals surface area contributed by atoms with Gasteiger partial charge in [0.15, 0.2) is 0 Å². The summed E-state index contributed by atoms with van der Waals surface area (Å²) in [5.74, 6) is -0.295. The Labute approximate surface area is 150 Å².